The number of sulfonamides is 1. The maximum absolute atomic E-state index is 12.2. The van der Waals surface area contributed by atoms with Crippen molar-refractivity contribution in [2.45, 2.75) is 70.2 Å². The second-order valence-corrected chi connectivity index (χ2v) is 7.61. The molecule has 4 nitrogen and oxygen atoms in total. The molecule has 0 spiro atoms. The van der Waals surface area contributed by atoms with Crippen LogP contribution in [0.1, 0.15) is 53.4 Å². The summed E-state index contributed by atoms with van der Waals surface area (Å²) in [4.78, 5) is 0. The predicted molar refractivity (Wildman–Crippen MR) is 71.5 cm³/mol. The molecule has 2 N–H and O–H groups in total. The van der Waals surface area contributed by atoms with Gasteiger partial charge in [0.1, 0.15) is 0 Å². The highest BCUT2D eigenvalue weighted by atomic mass is 32.2. The molecule has 0 bridgehead atoms. The number of hydrogen-bond acceptors (Lipinski definition) is 3. The van der Waals surface area contributed by atoms with Crippen molar-refractivity contribution in [2.75, 3.05) is 6.54 Å². The van der Waals surface area contributed by atoms with E-state index < -0.39 is 10.0 Å². The van der Waals surface area contributed by atoms with Crippen molar-refractivity contribution in [1.29, 1.82) is 0 Å². The topological polar surface area (TPSA) is 58.2 Å². The molecule has 1 atom stereocenters. The Kier molecular flexibility index (Phi) is 4.98. The van der Waals surface area contributed by atoms with Gasteiger partial charge in [-0.25, -0.2) is 13.1 Å². The van der Waals surface area contributed by atoms with Gasteiger partial charge in [-0.3, -0.25) is 0 Å². The van der Waals surface area contributed by atoms with Crippen molar-refractivity contribution in [3.05, 3.63) is 0 Å². The largest absolute Gasteiger partial charge is 0.313 e. The molecule has 0 saturated heterocycles. The van der Waals surface area contributed by atoms with Gasteiger partial charge in [-0.05, 0) is 32.6 Å². The molecule has 1 aliphatic rings. The Morgan fingerprint density at radius 2 is 1.82 bits per heavy atom. The summed E-state index contributed by atoms with van der Waals surface area (Å²) in [6.45, 7) is 8.36. The van der Waals surface area contributed by atoms with E-state index in [1.165, 1.54) is 0 Å². The van der Waals surface area contributed by atoms with Crippen molar-refractivity contribution >= 4 is 10.0 Å². The first-order valence-corrected chi connectivity index (χ1v) is 8.12. The minimum absolute atomic E-state index is 0.148. The Labute approximate surface area is 106 Å². The lowest BCUT2D eigenvalue weighted by Gasteiger charge is -2.42. The SMILES string of the molecule is CCC1(NS(=O)(=O)C(C)CNC(C)C)CCC1. The van der Waals surface area contributed by atoms with Crippen molar-refractivity contribution in [3.63, 3.8) is 0 Å². The molecule has 1 saturated carbocycles. The van der Waals surface area contributed by atoms with Gasteiger partial charge in [0.2, 0.25) is 10.0 Å². The average Bonchev–Trinajstić information content (AvgIpc) is 2.19. The summed E-state index contributed by atoms with van der Waals surface area (Å²) in [6, 6.07) is 0.316. The Morgan fingerprint density at radius 1 is 1.24 bits per heavy atom. The second-order valence-electron chi connectivity index (χ2n) is 5.51. The first-order chi connectivity index (χ1) is 7.81. The van der Waals surface area contributed by atoms with Crippen LogP contribution in [0.5, 0.6) is 0 Å². The Morgan fingerprint density at radius 3 is 2.18 bits per heavy atom. The van der Waals surface area contributed by atoms with E-state index in [1.807, 2.05) is 13.8 Å². The highest BCUT2D eigenvalue weighted by molar-refractivity contribution is 7.90. The Hall–Kier alpha value is -0.130. The molecule has 0 radical (unpaired) electrons. The van der Waals surface area contributed by atoms with Crippen molar-refractivity contribution in [2.24, 2.45) is 0 Å². The molecule has 1 aliphatic carbocycles. The smallest absolute Gasteiger partial charge is 0.215 e. The summed E-state index contributed by atoms with van der Waals surface area (Å²) in [6.07, 6.45) is 3.98. The van der Waals surface area contributed by atoms with Crippen LogP contribution in [0.4, 0.5) is 0 Å². The zero-order valence-corrected chi connectivity index (χ0v) is 12.2. The molecular formula is C12H26N2O2S. The van der Waals surface area contributed by atoms with Gasteiger partial charge in [0.05, 0.1) is 5.25 Å². The summed E-state index contributed by atoms with van der Waals surface area (Å²) in [7, 11) is -3.20. The van der Waals surface area contributed by atoms with Crippen LogP contribution in [0.3, 0.4) is 0 Å². The summed E-state index contributed by atoms with van der Waals surface area (Å²) >= 11 is 0. The fourth-order valence-electron chi connectivity index (χ4n) is 2.05. The quantitative estimate of drug-likeness (QED) is 0.733. The van der Waals surface area contributed by atoms with E-state index in [0.29, 0.717) is 12.6 Å². The highest BCUT2D eigenvalue weighted by Gasteiger charge is 2.39. The molecule has 1 fully saturated rings. The maximum Gasteiger partial charge on any atom is 0.215 e. The van der Waals surface area contributed by atoms with Crippen LogP contribution in [0, 0.1) is 0 Å². The predicted octanol–water partition coefficient (Wildman–Crippen LogP) is 1.62. The minimum atomic E-state index is -3.20. The van der Waals surface area contributed by atoms with E-state index in [2.05, 4.69) is 17.0 Å². The number of nitrogens with one attached hydrogen (secondary N) is 2. The second kappa shape index (κ2) is 5.67. The van der Waals surface area contributed by atoms with Gasteiger partial charge < -0.3 is 5.32 Å². The summed E-state index contributed by atoms with van der Waals surface area (Å²) in [5.41, 5.74) is -0.148. The van der Waals surface area contributed by atoms with Crippen LogP contribution in [0.2, 0.25) is 0 Å². The van der Waals surface area contributed by atoms with Gasteiger partial charge in [-0.15, -0.1) is 0 Å². The molecule has 1 unspecified atom stereocenters. The van der Waals surface area contributed by atoms with Gasteiger partial charge in [-0.1, -0.05) is 20.8 Å². The molecule has 0 aromatic heterocycles. The van der Waals surface area contributed by atoms with E-state index >= 15 is 0 Å². The normalized spacial score (nSPS) is 21.2. The first kappa shape index (κ1) is 14.9. The fourth-order valence-corrected chi connectivity index (χ4v) is 3.51. The van der Waals surface area contributed by atoms with Crippen LogP contribution < -0.4 is 10.0 Å². The summed E-state index contributed by atoms with van der Waals surface area (Å²) in [5.74, 6) is 0. The third-order valence-electron chi connectivity index (χ3n) is 3.69. The molecule has 0 aliphatic heterocycles. The lowest BCUT2D eigenvalue weighted by molar-refractivity contribution is 0.213. The standard InChI is InChI=1S/C12H26N2O2S/c1-5-12(7-6-8-12)14-17(15,16)11(4)9-13-10(2)3/h10-11,13-14H,5-9H2,1-4H3. The fraction of sp³-hybridized carbons (Fsp3) is 1.00. The van der Waals surface area contributed by atoms with Crippen molar-refractivity contribution in [3.8, 4) is 0 Å². The van der Waals surface area contributed by atoms with Crippen LogP contribution in [-0.2, 0) is 10.0 Å². The van der Waals surface area contributed by atoms with Gasteiger partial charge in [0.25, 0.3) is 0 Å². The highest BCUT2D eigenvalue weighted by Crippen LogP contribution is 2.35. The molecule has 17 heavy (non-hydrogen) atoms. The molecule has 102 valence electrons. The van der Waals surface area contributed by atoms with Crippen molar-refractivity contribution < 1.29 is 8.42 Å². The van der Waals surface area contributed by atoms with Gasteiger partial charge >= 0.3 is 0 Å². The maximum atomic E-state index is 12.2. The third kappa shape index (κ3) is 3.93. The molecule has 1 rings (SSSR count). The average molecular weight is 262 g/mol. The van der Waals surface area contributed by atoms with Gasteiger partial charge in [-0.2, -0.15) is 0 Å². The number of rotatable bonds is 7. The van der Waals surface area contributed by atoms with E-state index in [0.717, 1.165) is 25.7 Å². The number of hydrogen-bond donors (Lipinski definition) is 2. The zero-order chi connectivity index (χ0) is 13.1. The summed E-state index contributed by atoms with van der Waals surface area (Å²) in [5, 5.41) is 2.79. The lowest BCUT2D eigenvalue weighted by atomic mass is 9.76. The van der Waals surface area contributed by atoms with E-state index in [9.17, 15) is 8.42 Å². The Bertz CT molecular complexity index is 329. The molecule has 5 heteroatoms. The minimum Gasteiger partial charge on any atom is -0.313 e. The van der Waals surface area contributed by atoms with E-state index in [-0.39, 0.29) is 10.8 Å². The third-order valence-corrected chi connectivity index (χ3v) is 5.63. The Balaban J connectivity index is 2.55. The van der Waals surface area contributed by atoms with Gasteiger partial charge in [0.15, 0.2) is 0 Å². The molecule has 0 aromatic rings. The monoisotopic (exact) mass is 262 g/mol. The molecular weight excluding hydrogens is 236 g/mol. The summed E-state index contributed by atoms with van der Waals surface area (Å²) < 4.78 is 27.2. The van der Waals surface area contributed by atoms with Crippen LogP contribution in [0.15, 0.2) is 0 Å². The zero-order valence-electron chi connectivity index (χ0n) is 11.4. The van der Waals surface area contributed by atoms with Crippen molar-refractivity contribution in [1.82, 2.24) is 10.0 Å². The molecule has 0 heterocycles. The van der Waals surface area contributed by atoms with E-state index in [4.69, 9.17) is 0 Å². The van der Waals surface area contributed by atoms with Gasteiger partial charge in [0, 0.05) is 18.1 Å². The molecule has 0 aromatic carbocycles. The first-order valence-electron chi connectivity index (χ1n) is 6.57. The van der Waals surface area contributed by atoms with Crippen LogP contribution in [0.25, 0.3) is 0 Å². The van der Waals surface area contributed by atoms with Crippen LogP contribution >= 0.6 is 0 Å². The van der Waals surface area contributed by atoms with Crippen LogP contribution in [-0.4, -0.2) is 31.8 Å². The van der Waals surface area contributed by atoms with E-state index in [1.54, 1.807) is 6.92 Å². The lowest BCUT2D eigenvalue weighted by Crippen LogP contribution is -2.56. The molecule has 0 amide bonds.